The van der Waals surface area contributed by atoms with Gasteiger partial charge in [-0.2, -0.15) is 10.2 Å². The molecule has 0 spiro atoms. The predicted octanol–water partition coefficient (Wildman–Crippen LogP) is 4.32. The Balaban J connectivity index is 2.18. The Kier molecular flexibility index (Phi) is 3.99. The van der Waals surface area contributed by atoms with E-state index in [1.165, 1.54) is 0 Å². The van der Waals surface area contributed by atoms with Crippen LogP contribution >= 0.6 is 31.9 Å². The van der Waals surface area contributed by atoms with Gasteiger partial charge in [0.15, 0.2) is 6.17 Å². The van der Waals surface area contributed by atoms with Gasteiger partial charge in [-0.15, -0.1) is 0 Å². The number of rotatable bonds is 3. The molecule has 6 heteroatoms. The molecule has 0 aliphatic rings. The van der Waals surface area contributed by atoms with Gasteiger partial charge in [0.25, 0.3) is 0 Å². The zero-order valence-electron chi connectivity index (χ0n) is 11.7. The third-order valence-electron chi connectivity index (χ3n) is 3.42. The first-order chi connectivity index (χ1) is 10.1. The molecule has 0 radical (unpaired) electrons. The van der Waals surface area contributed by atoms with Gasteiger partial charge in [-0.05, 0) is 51.3 Å². The molecule has 4 nitrogen and oxygen atoms in total. The molecule has 3 rings (SSSR count). The fraction of sp³-hybridized carbons (Fsp3) is 0.200. The van der Waals surface area contributed by atoms with Crippen molar-refractivity contribution in [3.05, 3.63) is 68.6 Å². The van der Waals surface area contributed by atoms with Crippen molar-refractivity contribution in [1.82, 2.24) is 19.6 Å². The molecular weight excluding hydrogens is 396 g/mol. The van der Waals surface area contributed by atoms with Gasteiger partial charge in [-0.3, -0.25) is 0 Å². The highest BCUT2D eigenvalue weighted by atomic mass is 79.9. The molecule has 108 valence electrons. The molecule has 1 aromatic carbocycles. The molecule has 2 aromatic heterocycles. The van der Waals surface area contributed by atoms with Gasteiger partial charge in [0.2, 0.25) is 0 Å². The third kappa shape index (κ3) is 2.70. The number of aryl methyl sites for hydroxylation is 1. The van der Waals surface area contributed by atoms with Crippen molar-refractivity contribution in [3.63, 3.8) is 0 Å². The highest BCUT2D eigenvalue weighted by Gasteiger charge is 2.21. The van der Waals surface area contributed by atoms with Gasteiger partial charge in [0.1, 0.15) is 0 Å². The number of halogens is 2. The molecule has 0 fully saturated rings. The van der Waals surface area contributed by atoms with Gasteiger partial charge in [-0.25, -0.2) is 9.36 Å². The van der Waals surface area contributed by atoms with Crippen LogP contribution in [0.3, 0.4) is 0 Å². The van der Waals surface area contributed by atoms with E-state index in [0.29, 0.717) is 0 Å². The first-order valence-corrected chi connectivity index (χ1v) is 8.12. The Morgan fingerprint density at radius 2 is 1.76 bits per heavy atom. The molecule has 0 N–H and O–H groups in total. The molecule has 3 aromatic rings. The van der Waals surface area contributed by atoms with Crippen LogP contribution < -0.4 is 0 Å². The van der Waals surface area contributed by atoms with E-state index in [0.717, 1.165) is 25.9 Å². The quantitative estimate of drug-likeness (QED) is 0.645. The fourth-order valence-electron chi connectivity index (χ4n) is 2.26. The predicted molar refractivity (Wildman–Crippen MR) is 89.3 cm³/mol. The standard InChI is InChI=1S/C15H14Br2N4/c1-10-14(17)9-20(19-10)15(12-6-4-3-5-7-12)21-11(2)13(16)8-18-21/h3-9,15H,1-2H3. The number of hydrogen-bond donors (Lipinski definition) is 0. The average Bonchev–Trinajstić information content (AvgIpc) is 2.98. The average molecular weight is 410 g/mol. The lowest BCUT2D eigenvalue weighted by molar-refractivity contribution is 0.409. The van der Waals surface area contributed by atoms with E-state index >= 15 is 0 Å². The summed E-state index contributed by atoms with van der Waals surface area (Å²) >= 11 is 7.06. The smallest absolute Gasteiger partial charge is 0.169 e. The molecule has 21 heavy (non-hydrogen) atoms. The van der Waals surface area contributed by atoms with Crippen LogP contribution in [-0.4, -0.2) is 19.6 Å². The van der Waals surface area contributed by atoms with Crippen molar-refractivity contribution in [1.29, 1.82) is 0 Å². The largest absolute Gasteiger partial charge is 0.242 e. The molecule has 0 aliphatic heterocycles. The minimum absolute atomic E-state index is 0.109. The van der Waals surface area contributed by atoms with Gasteiger partial charge in [0, 0.05) is 6.20 Å². The van der Waals surface area contributed by atoms with Crippen LogP contribution in [0.25, 0.3) is 0 Å². The maximum absolute atomic E-state index is 4.61. The van der Waals surface area contributed by atoms with Crippen molar-refractivity contribution in [2.24, 2.45) is 0 Å². The molecule has 1 atom stereocenters. The normalized spacial score (nSPS) is 12.6. The Hall–Kier alpha value is -1.40. The van der Waals surface area contributed by atoms with E-state index in [-0.39, 0.29) is 6.17 Å². The maximum atomic E-state index is 4.61. The minimum Gasteiger partial charge on any atom is -0.242 e. The number of hydrogen-bond acceptors (Lipinski definition) is 2. The molecule has 0 saturated heterocycles. The topological polar surface area (TPSA) is 35.6 Å². The number of aromatic nitrogens is 4. The maximum Gasteiger partial charge on any atom is 0.169 e. The summed E-state index contributed by atoms with van der Waals surface area (Å²) in [6, 6.07) is 10.2. The summed E-state index contributed by atoms with van der Waals surface area (Å²) < 4.78 is 5.89. The van der Waals surface area contributed by atoms with E-state index in [1.807, 2.05) is 53.8 Å². The highest BCUT2D eigenvalue weighted by molar-refractivity contribution is 9.10. The van der Waals surface area contributed by atoms with Gasteiger partial charge < -0.3 is 0 Å². The van der Waals surface area contributed by atoms with Crippen LogP contribution in [0.5, 0.6) is 0 Å². The zero-order valence-corrected chi connectivity index (χ0v) is 14.8. The van der Waals surface area contributed by atoms with Crippen LogP contribution in [-0.2, 0) is 0 Å². The van der Waals surface area contributed by atoms with E-state index in [9.17, 15) is 0 Å². The van der Waals surface area contributed by atoms with E-state index in [2.05, 4.69) is 54.2 Å². The first-order valence-electron chi connectivity index (χ1n) is 6.53. The van der Waals surface area contributed by atoms with Crippen molar-refractivity contribution in [3.8, 4) is 0 Å². The molecular formula is C15H14Br2N4. The van der Waals surface area contributed by atoms with Crippen LogP contribution in [0.2, 0.25) is 0 Å². The van der Waals surface area contributed by atoms with Gasteiger partial charge >= 0.3 is 0 Å². The van der Waals surface area contributed by atoms with Crippen LogP contribution in [0.4, 0.5) is 0 Å². The second kappa shape index (κ2) is 5.77. The van der Waals surface area contributed by atoms with Crippen LogP contribution in [0, 0.1) is 13.8 Å². The summed E-state index contributed by atoms with van der Waals surface area (Å²) in [6.45, 7) is 4.02. The lowest BCUT2D eigenvalue weighted by Crippen LogP contribution is -2.22. The lowest BCUT2D eigenvalue weighted by atomic mass is 10.2. The van der Waals surface area contributed by atoms with Crippen LogP contribution in [0.1, 0.15) is 23.1 Å². The SMILES string of the molecule is Cc1nn(C(c2ccccc2)n2ncc(Br)c2C)cc1Br. The Labute approximate surface area is 140 Å². The Morgan fingerprint density at radius 1 is 1.05 bits per heavy atom. The first kappa shape index (κ1) is 14.5. The highest BCUT2D eigenvalue weighted by Crippen LogP contribution is 2.26. The van der Waals surface area contributed by atoms with Gasteiger partial charge in [-0.1, -0.05) is 30.3 Å². The molecule has 0 amide bonds. The number of benzene rings is 1. The van der Waals surface area contributed by atoms with Crippen LogP contribution in [0.15, 0.2) is 51.7 Å². The van der Waals surface area contributed by atoms with Crippen molar-refractivity contribution in [2.45, 2.75) is 20.0 Å². The minimum atomic E-state index is -0.109. The fourth-order valence-corrected chi connectivity index (χ4v) is 2.83. The second-order valence-electron chi connectivity index (χ2n) is 4.85. The molecule has 2 heterocycles. The zero-order chi connectivity index (χ0) is 15.0. The van der Waals surface area contributed by atoms with Crippen molar-refractivity contribution < 1.29 is 0 Å². The Bertz CT molecular complexity index is 742. The third-order valence-corrected chi connectivity index (χ3v) is 4.98. The summed E-state index contributed by atoms with van der Waals surface area (Å²) in [7, 11) is 0. The van der Waals surface area contributed by atoms with E-state index in [4.69, 9.17) is 0 Å². The molecule has 1 unspecified atom stereocenters. The van der Waals surface area contributed by atoms with Gasteiger partial charge in [0.05, 0.1) is 26.5 Å². The van der Waals surface area contributed by atoms with Crippen molar-refractivity contribution >= 4 is 31.9 Å². The monoisotopic (exact) mass is 408 g/mol. The molecule has 0 aliphatic carbocycles. The summed E-state index contributed by atoms with van der Waals surface area (Å²) in [5, 5.41) is 9.11. The molecule has 0 saturated carbocycles. The number of nitrogens with zero attached hydrogens (tertiary/aromatic N) is 4. The van der Waals surface area contributed by atoms with E-state index < -0.39 is 0 Å². The summed E-state index contributed by atoms with van der Waals surface area (Å²) in [4.78, 5) is 0. The van der Waals surface area contributed by atoms with Crippen molar-refractivity contribution in [2.75, 3.05) is 0 Å². The molecule has 0 bridgehead atoms. The summed E-state index contributed by atoms with van der Waals surface area (Å²) in [5.74, 6) is 0. The lowest BCUT2D eigenvalue weighted by Gasteiger charge is -2.20. The second-order valence-corrected chi connectivity index (χ2v) is 6.56. The summed E-state index contributed by atoms with van der Waals surface area (Å²) in [6.07, 6.45) is 3.70. The summed E-state index contributed by atoms with van der Waals surface area (Å²) in [5.41, 5.74) is 3.15. The Morgan fingerprint density at radius 3 is 2.29 bits per heavy atom. The van der Waals surface area contributed by atoms with E-state index in [1.54, 1.807) is 0 Å².